The first-order valence-corrected chi connectivity index (χ1v) is 7.21. The first-order valence-electron chi connectivity index (χ1n) is 7.21. The fourth-order valence-electron chi connectivity index (χ4n) is 2.37. The molecule has 6 heteroatoms. The molecule has 1 aliphatic rings. The third kappa shape index (κ3) is 7.70. The fourth-order valence-corrected chi connectivity index (χ4v) is 2.37. The Morgan fingerprint density at radius 2 is 1.80 bits per heavy atom. The molecule has 0 aromatic heterocycles. The number of carbonyl (C=O) groups excluding carboxylic acids is 2. The lowest BCUT2D eigenvalue weighted by atomic mass is 10.0. The van der Waals surface area contributed by atoms with Gasteiger partial charge in [-0.1, -0.05) is 25.7 Å². The molecule has 0 unspecified atom stereocenters. The summed E-state index contributed by atoms with van der Waals surface area (Å²) in [5, 5.41) is 5.44. The molecule has 0 bridgehead atoms. The standard InChI is InChI=1S/C14H27N3O2.ClH/c1-14(2,10-15)17-13(19)9-16-12(18)8-7-11-5-3-4-6-11;/h11H,3-10,15H2,1-2H3,(H,16,18)(H,17,19);1H. The number of hydrogen-bond donors (Lipinski definition) is 3. The van der Waals surface area contributed by atoms with Crippen LogP contribution < -0.4 is 16.4 Å². The predicted octanol–water partition coefficient (Wildman–Crippen LogP) is 1.35. The Morgan fingerprint density at radius 3 is 2.35 bits per heavy atom. The topological polar surface area (TPSA) is 84.2 Å². The van der Waals surface area contributed by atoms with Crippen molar-refractivity contribution in [3.8, 4) is 0 Å². The Hall–Kier alpha value is -0.810. The molecule has 0 heterocycles. The van der Waals surface area contributed by atoms with E-state index in [1.54, 1.807) is 0 Å². The molecule has 0 atom stereocenters. The maximum atomic E-state index is 11.6. The van der Waals surface area contributed by atoms with Crippen LogP contribution in [0.3, 0.4) is 0 Å². The quantitative estimate of drug-likeness (QED) is 0.664. The Morgan fingerprint density at radius 1 is 1.20 bits per heavy atom. The second-order valence-electron chi connectivity index (χ2n) is 6.10. The third-order valence-electron chi connectivity index (χ3n) is 3.69. The van der Waals surface area contributed by atoms with Crippen LogP contribution in [0.5, 0.6) is 0 Å². The predicted molar refractivity (Wildman–Crippen MR) is 82.7 cm³/mol. The number of halogens is 1. The molecule has 0 aromatic rings. The highest BCUT2D eigenvalue weighted by molar-refractivity contribution is 5.85. The lowest BCUT2D eigenvalue weighted by Crippen LogP contribution is -2.51. The normalized spacial score (nSPS) is 15.6. The average Bonchev–Trinajstić information content (AvgIpc) is 2.86. The zero-order valence-corrected chi connectivity index (χ0v) is 13.4. The molecule has 0 radical (unpaired) electrons. The van der Waals surface area contributed by atoms with Crippen molar-refractivity contribution in [2.45, 2.75) is 57.9 Å². The van der Waals surface area contributed by atoms with Gasteiger partial charge in [-0.3, -0.25) is 9.59 Å². The minimum Gasteiger partial charge on any atom is -0.348 e. The van der Waals surface area contributed by atoms with E-state index in [9.17, 15) is 9.59 Å². The second-order valence-corrected chi connectivity index (χ2v) is 6.10. The van der Waals surface area contributed by atoms with Gasteiger partial charge in [-0.2, -0.15) is 0 Å². The van der Waals surface area contributed by atoms with Gasteiger partial charge in [-0.15, -0.1) is 12.4 Å². The van der Waals surface area contributed by atoms with E-state index in [-0.39, 0.29) is 30.8 Å². The monoisotopic (exact) mass is 305 g/mol. The molecular weight excluding hydrogens is 278 g/mol. The average molecular weight is 306 g/mol. The molecule has 4 N–H and O–H groups in total. The van der Waals surface area contributed by atoms with Gasteiger partial charge in [0.2, 0.25) is 11.8 Å². The van der Waals surface area contributed by atoms with Crippen molar-refractivity contribution >= 4 is 24.2 Å². The van der Waals surface area contributed by atoms with Crippen molar-refractivity contribution < 1.29 is 9.59 Å². The minimum absolute atomic E-state index is 0. The summed E-state index contributed by atoms with van der Waals surface area (Å²) in [7, 11) is 0. The summed E-state index contributed by atoms with van der Waals surface area (Å²) in [6.45, 7) is 4.11. The highest BCUT2D eigenvalue weighted by Crippen LogP contribution is 2.28. The summed E-state index contributed by atoms with van der Waals surface area (Å²) in [5.41, 5.74) is 5.10. The highest BCUT2D eigenvalue weighted by Gasteiger charge is 2.19. The van der Waals surface area contributed by atoms with Crippen LogP contribution in [0.1, 0.15) is 52.4 Å². The first-order chi connectivity index (χ1) is 8.93. The zero-order chi connectivity index (χ0) is 14.3. The van der Waals surface area contributed by atoms with Gasteiger partial charge in [0, 0.05) is 18.5 Å². The van der Waals surface area contributed by atoms with Gasteiger partial charge >= 0.3 is 0 Å². The van der Waals surface area contributed by atoms with Gasteiger partial charge in [0.15, 0.2) is 0 Å². The van der Waals surface area contributed by atoms with Gasteiger partial charge < -0.3 is 16.4 Å². The van der Waals surface area contributed by atoms with Crippen LogP contribution in [0.15, 0.2) is 0 Å². The molecule has 20 heavy (non-hydrogen) atoms. The summed E-state index contributed by atoms with van der Waals surface area (Å²) in [6.07, 6.45) is 6.56. The zero-order valence-electron chi connectivity index (χ0n) is 12.5. The van der Waals surface area contributed by atoms with E-state index in [1.807, 2.05) is 13.8 Å². The van der Waals surface area contributed by atoms with Crippen molar-refractivity contribution in [3.63, 3.8) is 0 Å². The maximum absolute atomic E-state index is 11.6. The third-order valence-corrected chi connectivity index (χ3v) is 3.69. The fraction of sp³-hybridized carbons (Fsp3) is 0.857. The van der Waals surface area contributed by atoms with Crippen molar-refractivity contribution in [3.05, 3.63) is 0 Å². The molecule has 1 aliphatic carbocycles. The number of carbonyl (C=O) groups is 2. The van der Waals surface area contributed by atoms with E-state index in [0.717, 1.165) is 6.42 Å². The van der Waals surface area contributed by atoms with Crippen LogP contribution in [-0.4, -0.2) is 30.4 Å². The van der Waals surface area contributed by atoms with Crippen molar-refractivity contribution in [1.82, 2.24) is 10.6 Å². The van der Waals surface area contributed by atoms with Gasteiger partial charge in [0.25, 0.3) is 0 Å². The molecule has 2 amide bonds. The summed E-state index contributed by atoms with van der Waals surface area (Å²) in [5.74, 6) is 0.480. The van der Waals surface area contributed by atoms with E-state index in [1.165, 1.54) is 25.7 Å². The molecule has 0 saturated heterocycles. The summed E-state index contributed by atoms with van der Waals surface area (Å²) in [6, 6.07) is 0. The van der Waals surface area contributed by atoms with Crippen LogP contribution in [0.2, 0.25) is 0 Å². The van der Waals surface area contributed by atoms with E-state index in [0.29, 0.717) is 18.9 Å². The molecule has 0 spiro atoms. The lowest BCUT2D eigenvalue weighted by molar-refractivity contribution is -0.127. The highest BCUT2D eigenvalue weighted by atomic mass is 35.5. The number of nitrogens with two attached hydrogens (primary N) is 1. The molecule has 118 valence electrons. The van der Waals surface area contributed by atoms with E-state index in [4.69, 9.17) is 5.73 Å². The summed E-state index contributed by atoms with van der Waals surface area (Å²) < 4.78 is 0. The van der Waals surface area contributed by atoms with Gasteiger partial charge in [0.1, 0.15) is 0 Å². The van der Waals surface area contributed by atoms with Crippen LogP contribution >= 0.6 is 12.4 Å². The molecule has 5 nitrogen and oxygen atoms in total. The minimum atomic E-state index is -0.425. The molecule has 1 fully saturated rings. The number of amides is 2. The molecule has 0 aromatic carbocycles. The number of hydrogen-bond acceptors (Lipinski definition) is 3. The Kier molecular flexibility index (Phi) is 8.81. The Bertz CT molecular complexity index is 316. The number of rotatable bonds is 7. The summed E-state index contributed by atoms with van der Waals surface area (Å²) in [4.78, 5) is 23.2. The van der Waals surface area contributed by atoms with E-state index in [2.05, 4.69) is 10.6 Å². The lowest BCUT2D eigenvalue weighted by Gasteiger charge is -2.24. The SMILES string of the molecule is CC(C)(CN)NC(=O)CNC(=O)CCC1CCCC1.Cl. The van der Waals surface area contributed by atoms with Crippen LogP contribution in [-0.2, 0) is 9.59 Å². The smallest absolute Gasteiger partial charge is 0.239 e. The Balaban J connectivity index is 0.00000361. The first kappa shape index (κ1) is 19.2. The van der Waals surface area contributed by atoms with Crippen LogP contribution in [0.25, 0.3) is 0 Å². The van der Waals surface area contributed by atoms with Crippen molar-refractivity contribution in [2.24, 2.45) is 11.7 Å². The van der Waals surface area contributed by atoms with Gasteiger partial charge in [-0.05, 0) is 26.2 Å². The van der Waals surface area contributed by atoms with Gasteiger partial charge in [-0.25, -0.2) is 0 Å². The van der Waals surface area contributed by atoms with Crippen molar-refractivity contribution in [2.75, 3.05) is 13.1 Å². The molecular formula is C14H28ClN3O2. The summed E-state index contributed by atoms with van der Waals surface area (Å²) >= 11 is 0. The van der Waals surface area contributed by atoms with Crippen molar-refractivity contribution in [1.29, 1.82) is 0 Å². The van der Waals surface area contributed by atoms with Gasteiger partial charge in [0.05, 0.1) is 6.54 Å². The Labute approximate surface area is 127 Å². The van der Waals surface area contributed by atoms with Crippen LogP contribution in [0, 0.1) is 5.92 Å². The number of nitrogens with one attached hydrogen (secondary N) is 2. The largest absolute Gasteiger partial charge is 0.348 e. The molecule has 1 rings (SSSR count). The molecule has 1 saturated carbocycles. The van der Waals surface area contributed by atoms with E-state index >= 15 is 0 Å². The second kappa shape index (κ2) is 9.19. The van der Waals surface area contributed by atoms with E-state index < -0.39 is 5.54 Å². The maximum Gasteiger partial charge on any atom is 0.239 e. The molecule has 0 aliphatic heterocycles. The van der Waals surface area contributed by atoms with Crippen LogP contribution in [0.4, 0.5) is 0 Å².